The van der Waals surface area contributed by atoms with Crippen LogP contribution in [-0.2, 0) is 19.1 Å². The first-order valence-electron chi connectivity index (χ1n) is 10.2. The molecule has 6 nitrogen and oxygen atoms in total. The lowest BCUT2D eigenvalue weighted by molar-refractivity contribution is -0.157. The van der Waals surface area contributed by atoms with Crippen LogP contribution in [0.25, 0.3) is 0 Å². The number of rotatable bonds is 6. The Labute approximate surface area is 177 Å². The average molecular weight is 408 g/mol. The molecule has 158 valence electrons. The van der Waals surface area contributed by atoms with Crippen molar-refractivity contribution in [1.82, 2.24) is 4.90 Å². The fourth-order valence-corrected chi connectivity index (χ4v) is 3.60. The lowest BCUT2D eigenvalue weighted by atomic mass is 10.1. The molecule has 0 spiro atoms. The van der Waals surface area contributed by atoms with Gasteiger partial charge in [0.2, 0.25) is 5.91 Å². The van der Waals surface area contributed by atoms with E-state index in [1.54, 1.807) is 11.8 Å². The first-order valence-corrected chi connectivity index (χ1v) is 10.2. The number of hydrogen-bond donors (Lipinski definition) is 1. The maximum Gasteiger partial charge on any atom is 0.312 e. The molecule has 2 aromatic rings. The topological polar surface area (TPSA) is 75.7 Å². The summed E-state index contributed by atoms with van der Waals surface area (Å²) in [5, 5.41) is 2.81. The zero-order chi connectivity index (χ0) is 21.8. The summed E-state index contributed by atoms with van der Waals surface area (Å²) >= 11 is 0. The fourth-order valence-electron chi connectivity index (χ4n) is 3.60. The summed E-state index contributed by atoms with van der Waals surface area (Å²) in [6.07, 6.45) is -0.852. The van der Waals surface area contributed by atoms with Crippen molar-refractivity contribution in [3.05, 3.63) is 65.2 Å². The zero-order valence-electron chi connectivity index (χ0n) is 17.8. The predicted molar refractivity (Wildman–Crippen MR) is 115 cm³/mol. The molecule has 0 radical (unpaired) electrons. The molecule has 1 aliphatic heterocycles. The number of aryl methyl sites for hydroxylation is 2. The van der Waals surface area contributed by atoms with Gasteiger partial charge in [0.25, 0.3) is 5.91 Å². The van der Waals surface area contributed by atoms with E-state index < -0.39 is 23.9 Å². The first-order chi connectivity index (χ1) is 14.3. The van der Waals surface area contributed by atoms with E-state index in [-0.39, 0.29) is 18.4 Å². The van der Waals surface area contributed by atoms with E-state index in [0.717, 1.165) is 16.7 Å². The quantitative estimate of drug-likeness (QED) is 0.738. The van der Waals surface area contributed by atoms with Crippen LogP contribution in [0.3, 0.4) is 0 Å². The summed E-state index contributed by atoms with van der Waals surface area (Å²) in [5.74, 6) is -1.56. The third-order valence-corrected chi connectivity index (χ3v) is 5.55. The van der Waals surface area contributed by atoms with E-state index in [1.165, 1.54) is 0 Å². The van der Waals surface area contributed by atoms with Crippen molar-refractivity contribution in [2.24, 2.45) is 5.92 Å². The molecule has 6 heteroatoms. The third-order valence-electron chi connectivity index (χ3n) is 5.55. The van der Waals surface area contributed by atoms with Crippen LogP contribution in [0.4, 0.5) is 5.69 Å². The summed E-state index contributed by atoms with van der Waals surface area (Å²) in [6.45, 7) is 7.62. The number of carbonyl (C=O) groups excluding carboxylic acids is 3. The molecule has 2 aromatic carbocycles. The molecular formula is C24H28N2O4. The van der Waals surface area contributed by atoms with E-state index in [0.29, 0.717) is 12.2 Å². The lowest BCUT2D eigenvalue weighted by Crippen LogP contribution is -2.34. The summed E-state index contributed by atoms with van der Waals surface area (Å²) in [5.41, 5.74) is 3.67. The molecule has 0 aromatic heterocycles. The Balaban J connectivity index is 1.58. The van der Waals surface area contributed by atoms with Gasteiger partial charge in [-0.1, -0.05) is 42.5 Å². The number of carbonyl (C=O) groups is 3. The van der Waals surface area contributed by atoms with Gasteiger partial charge in [0.05, 0.1) is 12.0 Å². The Morgan fingerprint density at radius 1 is 1.10 bits per heavy atom. The Morgan fingerprint density at radius 3 is 2.50 bits per heavy atom. The molecule has 3 rings (SSSR count). The SMILES string of the molecule is Cc1ccc(C)c(NC(=O)[C@H](C)OC(=O)[C@H]2CC(=O)N([C@@H](C)c3ccccc3)C2)c1. The van der Waals surface area contributed by atoms with Crippen molar-refractivity contribution < 1.29 is 19.1 Å². The van der Waals surface area contributed by atoms with Gasteiger partial charge < -0.3 is 15.0 Å². The second-order valence-corrected chi connectivity index (χ2v) is 7.92. The van der Waals surface area contributed by atoms with Crippen molar-refractivity contribution >= 4 is 23.5 Å². The van der Waals surface area contributed by atoms with Crippen molar-refractivity contribution in [1.29, 1.82) is 0 Å². The smallest absolute Gasteiger partial charge is 0.312 e. The first kappa shape index (κ1) is 21.6. The number of benzene rings is 2. The number of esters is 1. The van der Waals surface area contributed by atoms with Gasteiger partial charge in [-0.15, -0.1) is 0 Å². The van der Waals surface area contributed by atoms with Gasteiger partial charge >= 0.3 is 5.97 Å². The van der Waals surface area contributed by atoms with Crippen LogP contribution in [0.2, 0.25) is 0 Å². The number of nitrogens with one attached hydrogen (secondary N) is 1. The minimum Gasteiger partial charge on any atom is -0.452 e. The molecule has 0 unspecified atom stereocenters. The number of likely N-dealkylation sites (tertiary alicyclic amines) is 1. The minimum absolute atomic E-state index is 0.0826. The summed E-state index contributed by atoms with van der Waals surface area (Å²) in [6, 6.07) is 15.3. The van der Waals surface area contributed by atoms with Gasteiger partial charge in [0.15, 0.2) is 6.10 Å². The Hall–Kier alpha value is -3.15. The second kappa shape index (κ2) is 9.11. The summed E-state index contributed by atoms with van der Waals surface area (Å²) in [7, 11) is 0. The van der Waals surface area contributed by atoms with E-state index in [2.05, 4.69) is 5.32 Å². The molecule has 1 fully saturated rings. The highest BCUT2D eigenvalue weighted by atomic mass is 16.5. The number of nitrogens with zero attached hydrogens (tertiary/aromatic N) is 1. The molecule has 0 aliphatic carbocycles. The number of ether oxygens (including phenoxy) is 1. The van der Waals surface area contributed by atoms with E-state index >= 15 is 0 Å². The molecule has 1 saturated heterocycles. The molecule has 0 saturated carbocycles. The standard InChI is InChI=1S/C24H28N2O4/c1-15-10-11-16(2)21(12-15)25-23(28)18(4)30-24(29)20-13-22(27)26(14-20)17(3)19-8-6-5-7-9-19/h5-12,17-18,20H,13-14H2,1-4H3,(H,25,28)/t17-,18-,20-/m0/s1. The molecule has 3 atom stereocenters. The van der Waals surface area contributed by atoms with Gasteiger partial charge in [-0.3, -0.25) is 14.4 Å². The van der Waals surface area contributed by atoms with E-state index in [9.17, 15) is 14.4 Å². The van der Waals surface area contributed by atoms with E-state index in [1.807, 2.05) is 69.3 Å². The molecule has 2 amide bonds. The highest BCUT2D eigenvalue weighted by Crippen LogP contribution is 2.29. The van der Waals surface area contributed by atoms with Gasteiger partial charge in [-0.05, 0) is 50.5 Å². The van der Waals surface area contributed by atoms with Gasteiger partial charge in [0, 0.05) is 18.7 Å². The van der Waals surface area contributed by atoms with Crippen molar-refractivity contribution in [3.63, 3.8) is 0 Å². The minimum atomic E-state index is -0.951. The maximum absolute atomic E-state index is 12.6. The van der Waals surface area contributed by atoms with Crippen LogP contribution in [0.1, 0.15) is 43.0 Å². The average Bonchev–Trinajstić information content (AvgIpc) is 3.12. The molecule has 0 bridgehead atoms. The largest absolute Gasteiger partial charge is 0.452 e. The maximum atomic E-state index is 12.6. The molecule has 1 aliphatic rings. The number of anilines is 1. The van der Waals surface area contributed by atoms with Gasteiger partial charge in [-0.2, -0.15) is 0 Å². The molecule has 1 N–H and O–H groups in total. The van der Waals surface area contributed by atoms with Crippen LogP contribution < -0.4 is 5.32 Å². The fraction of sp³-hybridized carbons (Fsp3) is 0.375. The van der Waals surface area contributed by atoms with Crippen LogP contribution >= 0.6 is 0 Å². The van der Waals surface area contributed by atoms with Crippen LogP contribution in [-0.4, -0.2) is 35.3 Å². The van der Waals surface area contributed by atoms with Gasteiger partial charge in [-0.25, -0.2) is 0 Å². The van der Waals surface area contributed by atoms with Gasteiger partial charge in [0.1, 0.15) is 0 Å². The molecular weight excluding hydrogens is 380 g/mol. The second-order valence-electron chi connectivity index (χ2n) is 7.92. The third kappa shape index (κ3) is 4.87. The van der Waals surface area contributed by atoms with Crippen LogP contribution in [0.5, 0.6) is 0 Å². The lowest BCUT2D eigenvalue weighted by Gasteiger charge is -2.25. The normalized spacial score (nSPS) is 18.1. The van der Waals surface area contributed by atoms with Crippen molar-refractivity contribution in [2.45, 2.75) is 46.3 Å². The predicted octanol–water partition coefficient (Wildman–Crippen LogP) is 3.78. The highest BCUT2D eigenvalue weighted by Gasteiger charge is 2.38. The monoisotopic (exact) mass is 408 g/mol. The van der Waals surface area contributed by atoms with Crippen molar-refractivity contribution in [2.75, 3.05) is 11.9 Å². The summed E-state index contributed by atoms with van der Waals surface area (Å²) in [4.78, 5) is 39.3. The Morgan fingerprint density at radius 2 is 1.80 bits per heavy atom. The Kier molecular flexibility index (Phi) is 6.55. The van der Waals surface area contributed by atoms with Crippen LogP contribution in [0, 0.1) is 19.8 Å². The van der Waals surface area contributed by atoms with Crippen LogP contribution in [0.15, 0.2) is 48.5 Å². The zero-order valence-corrected chi connectivity index (χ0v) is 17.8. The molecule has 1 heterocycles. The molecule has 30 heavy (non-hydrogen) atoms. The Bertz CT molecular complexity index is 941. The van der Waals surface area contributed by atoms with Crippen molar-refractivity contribution in [3.8, 4) is 0 Å². The highest BCUT2D eigenvalue weighted by molar-refractivity contribution is 5.96. The number of amides is 2. The summed E-state index contributed by atoms with van der Waals surface area (Å²) < 4.78 is 5.39. The number of hydrogen-bond acceptors (Lipinski definition) is 4. The van der Waals surface area contributed by atoms with E-state index in [4.69, 9.17) is 4.74 Å².